The number of carbonyl (C=O) groups excluding carboxylic acids is 1. The molecule has 92 valence electrons. The molecule has 1 amide bonds. The predicted octanol–water partition coefficient (Wildman–Crippen LogP) is 2.91. The molecule has 2 N–H and O–H groups in total. The smallest absolute Gasteiger partial charge is 0.252 e. The fourth-order valence-electron chi connectivity index (χ4n) is 1.47. The average molecular weight is 259 g/mol. The van der Waals surface area contributed by atoms with Gasteiger partial charge in [-0.15, -0.1) is 0 Å². The third kappa shape index (κ3) is 3.28. The largest absolute Gasteiger partial charge is 0.482 e. The van der Waals surface area contributed by atoms with Crippen molar-refractivity contribution in [1.29, 1.82) is 0 Å². The van der Waals surface area contributed by atoms with Gasteiger partial charge in [-0.1, -0.05) is 42.1 Å². The number of nitrogens with two attached hydrogens (primary N) is 1. The molecule has 0 saturated heterocycles. The van der Waals surface area contributed by atoms with Crippen LogP contribution in [0.3, 0.4) is 0 Å². The van der Waals surface area contributed by atoms with E-state index in [2.05, 4.69) is 0 Å². The number of benzene rings is 2. The number of carbonyl (C=O) groups is 1. The van der Waals surface area contributed by atoms with Crippen LogP contribution in [-0.2, 0) is 0 Å². The fourth-order valence-corrected chi connectivity index (χ4v) is 2.15. The highest BCUT2D eigenvalue weighted by atomic mass is 32.2. The van der Waals surface area contributed by atoms with Gasteiger partial charge in [-0.25, -0.2) is 0 Å². The lowest BCUT2D eigenvalue weighted by Gasteiger charge is -2.08. The van der Waals surface area contributed by atoms with Gasteiger partial charge >= 0.3 is 0 Å². The van der Waals surface area contributed by atoms with E-state index in [4.69, 9.17) is 10.5 Å². The van der Waals surface area contributed by atoms with Crippen LogP contribution in [0.5, 0.6) is 5.75 Å². The second-order valence-corrected chi connectivity index (χ2v) is 4.58. The Morgan fingerprint density at radius 2 is 1.72 bits per heavy atom. The molecule has 0 aromatic heterocycles. The molecular formula is C14H13NO2S. The summed E-state index contributed by atoms with van der Waals surface area (Å²) >= 11 is 1.56. The standard InChI is InChI=1S/C14H13NO2S/c15-14(16)12-8-4-5-9-13(12)17-10-18-11-6-2-1-3-7-11/h1-9H,10H2,(H2,15,16). The van der Waals surface area contributed by atoms with Crippen molar-refractivity contribution in [2.75, 3.05) is 5.94 Å². The summed E-state index contributed by atoms with van der Waals surface area (Å²) in [6, 6.07) is 16.9. The minimum Gasteiger partial charge on any atom is -0.482 e. The zero-order chi connectivity index (χ0) is 12.8. The summed E-state index contributed by atoms with van der Waals surface area (Å²) < 4.78 is 5.56. The number of ether oxygens (including phenoxy) is 1. The van der Waals surface area contributed by atoms with Crippen LogP contribution in [0.2, 0.25) is 0 Å². The first-order chi connectivity index (χ1) is 8.77. The average Bonchev–Trinajstić information content (AvgIpc) is 2.40. The number of amides is 1. The third-order valence-electron chi connectivity index (χ3n) is 2.34. The Morgan fingerprint density at radius 3 is 2.44 bits per heavy atom. The van der Waals surface area contributed by atoms with E-state index < -0.39 is 5.91 Å². The summed E-state index contributed by atoms with van der Waals surface area (Å²) in [7, 11) is 0. The maximum atomic E-state index is 11.2. The molecule has 0 radical (unpaired) electrons. The first kappa shape index (κ1) is 12.5. The second kappa shape index (κ2) is 6.12. The maximum absolute atomic E-state index is 11.2. The molecule has 4 heteroatoms. The van der Waals surface area contributed by atoms with Crippen molar-refractivity contribution in [1.82, 2.24) is 0 Å². The van der Waals surface area contributed by atoms with Crippen LogP contribution in [0, 0.1) is 0 Å². The molecule has 0 aliphatic carbocycles. The summed E-state index contributed by atoms with van der Waals surface area (Å²) in [5, 5.41) is 0. The number of para-hydroxylation sites is 1. The van der Waals surface area contributed by atoms with Crippen molar-refractivity contribution in [2.45, 2.75) is 4.90 Å². The van der Waals surface area contributed by atoms with Crippen LogP contribution in [0.1, 0.15) is 10.4 Å². The summed E-state index contributed by atoms with van der Waals surface area (Å²) in [5.41, 5.74) is 5.68. The van der Waals surface area contributed by atoms with Crippen molar-refractivity contribution < 1.29 is 9.53 Å². The van der Waals surface area contributed by atoms with Gasteiger partial charge in [0, 0.05) is 4.90 Å². The molecule has 0 atom stereocenters. The van der Waals surface area contributed by atoms with E-state index in [-0.39, 0.29) is 0 Å². The van der Waals surface area contributed by atoms with Gasteiger partial charge in [0.05, 0.1) is 5.56 Å². The van der Waals surface area contributed by atoms with Crippen LogP contribution in [0.15, 0.2) is 59.5 Å². The topological polar surface area (TPSA) is 52.3 Å². The molecule has 2 rings (SSSR count). The first-order valence-electron chi connectivity index (χ1n) is 5.47. The SMILES string of the molecule is NC(=O)c1ccccc1OCSc1ccccc1. The van der Waals surface area contributed by atoms with Gasteiger partial charge < -0.3 is 10.5 Å². The van der Waals surface area contributed by atoms with E-state index in [1.165, 1.54) is 0 Å². The van der Waals surface area contributed by atoms with Crippen LogP contribution in [0.25, 0.3) is 0 Å². The van der Waals surface area contributed by atoms with E-state index in [0.717, 1.165) is 4.90 Å². The van der Waals surface area contributed by atoms with Crippen molar-refractivity contribution in [3.63, 3.8) is 0 Å². The molecule has 2 aromatic rings. The fraction of sp³-hybridized carbons (Fsp3) is 0.0714. The molecular weight excluding hydrogens is 246 g/mol. The second-order valence-electron chi connectivity index (χ2n) is 3.58. The van der Waals surface area contributed by atoms with Crippen LogP contribution < -0.4 is 10.5 Å². The van der Waals surface area contributed by atoms with Gasteiger partial charge in [0.2, 0.25) is 0 Å². The van der Waals surface area contributed by atoms with Gasteiger partial charge in [-0.05, 0) is 24.3 Å². The molecule has 3 nitrogen and oxygen atoms in total. The van der Waals surface area contributed by atoms with E-state index in [0.29, 0.717) is 17.3 Å². The van der Waals surface area contributed by atoms with E-state index in [1.54, 1.807) is 30.0 Å². The lowest BCUT2D eigenvalue weighted by atomic mass is 10.2. The number of rotatable bonds is 5. The number of hydrogen-bond donors (Lipinski definition) is 1. The van der Waals surface area contributed by atoms with Gasteiger partial charge in [0.25, 0.3) is 5.91 Å². The third-order valence-corrected chi connectivity index (χ3v) is 3.18. The molecule has 0 aliphatic heterocycles. The Balaban J connectivity index is 1.97. The van der Waals surface area contributed by atoms with Gasteiger partial charge in [0.15, 0.2) is 0 Å². The van der Waals surface area contributed by atoms with Crippen LogP contribution in [-0.4, -0.2) is 11.8 Å². The first-order valence-corrected chi connectivity index (χ1v) is 6.45. The molecule has 0 bridgehead atoms. The maximum Gasteiger partial charge on any atom is 0.252 e. The summed E-state index contributed by atoms with van der Waals surface area (Å²) in [6.45, 7) is 0. The van der Waals surface area contributed by atoms with Crippen molar-refractivity contribution in [3.05, 3.63) is 60.2 Å². The molecule has 0 heterocycles. The van der Waals surface area contributed by atoms with Gasteiger partial charge in [0.1, 0.15) is 11.7 Å². The Bertz CT molecular complexity index is 528. The molecule has 18 heavy (non-hydrogen) atoms. The molecule has 0 aliphatic rings. The Morgan fingerprint density at radius 1 is 1.06 bits per heavy atom. The van der Waals surface area contributed by atoms with Crippen molar-refractivity contribution >= 4 is 17.7 Å². The lowest BCUT2D eigenvalue weighted by Crippen LogP contribution is -2.12. The monoisotopic (exact) mass is 259 g/mol. The minimum atomic E-state index is -0.477. The molecule has 0 saturated carbocycles. The van der Waals surface area contributed by atoms with Crippen LogP contribution >= 0.6 is 11.8 Å². The zero-order valence-electron chi connectivity index (χ0n) is 9.71. The quantitative estimate of drug-likeness (QED) is 0.663. The van der Waals surface area contributed by atoms with E-state index in [1.807, 2.05) is 36.4 Å². The highest BCUT2D eigenvalue weighted by Crippen LogP contribution is 2.22. The van der Waals surface area contributed by atoms with E-state index >= 15 is 0 Å². The molecule has 0 fully saturated rings. The Kier molecular flexibility index (Phi) is 4.25. The Labute approximate surface area is 110 Å². The molecule has 0 unspecified atom stereocenters. The normalized spacial score (nSPS) is 10.0. The summed E-state index contributed by atoms with van der Waals surface area (Å²) in [5.74, 6) is 0.484. The minimum absolute atomic E-state index is 0.408. The van der Waals surface area contributed by atoms with Gasteiger partial charge in [-0.3, -0.25) is 4.79 Å². The number of thioether (sulfide) groups is 1. The zero-order valence-corrected chi connectivity index (χ0v) is 10.5. The number of hydrogen-bond acceptors (Lipinski definition) is 3. The van der Waals surface area contributed by atoms with Gasteiger partial charge in [-0.2, -0.15) is 0 Å². The lowest BCUT2D eigenvalue weighted by molar-refractivity contribution is 0.0997. The van der Waals surface area contributed by atoms with Crippen LogP contribution in [0.4, 0.5) is 0 Å². The predicted molar refractivity (Wildman–Crippen MR) is 72.8 cm³/mol. The summed E-state index contributed by atoms with van der Waals surface area (Å²) in [6.07, 6.45) is 0. The number of primary amides is 1. The summed E-state index contributed by atoms with van der Waals surface area (Å²) in [4.78, 5) is 12.3. The highest BCUT2D eigenvalue weighted by Gasteiger charge is 2.07. The molecule has 0 spiro atoms. The van der Waals surface area contributed by atoms with E-state index in [9.17, 15) is 4.79 Å². The highest BCUT2D eigenvalue weighted by molar-refractivity contribution is 7.99. The molecule has 2 aromatic carbocycles. The Hall–Kier alpha value is -1.94. The van der Waals surface area contributed by atoms with Crippen molar-refractivity contribution in [2.24, 2.45) is 5.73 Å². The van der Waals surface area contributed by atoms with Crippen molar-refractivity contribution in [3.8, 4) is 5.75 Å².